The third-order valence-electron chi connectivity index (χ3n) is 6.71. The minimum absolute atomic E-state index is 0.0933. The number of sulfonamides is 1. The molecule has 0 saturated heterocycles. The monoisotopic (exact) mass is 583 g/mol. The van der Waals surface area contributed by atoms with Crippen molar-refractivity contribution in [2.24, 2.45) is 0 Å². The second-order valence-electron chi connectivity index (χ2n) is 9.62. The quantitative estimate of drug-likeness (QED) is 0.365. The van der Waals surface area contributed by atoms with Gasteiger partial charge in [-0.05, 0) is 62.2 Å². The highest BCUT2D eigenvalue weighted by Crippen LogP contribution is 2.34. The molecule has 2 amide bonds. The van der Waals surface area contributed by atoms with Gasteiger partial charge < -0.3 is 19.7 Å². The van der Waals surface area contributed by atoms with Crippen molar-refractivity contribution < 1.29 is 31.9 Å². The van der Waals surface area contributed by atoms with E-state index in [2.05, 4.69) is 5.32 Å². The molecule has 0 saturated carbocycles. The summed E-state index contributed by atoms with van der Waals surface area (Å²) in [5.74, 6) is -0.796. The van der Waals surface area contributed by atoms with Crippen molar-refractivity contribution in [3.05, 3.63) is 83.7 Å². The minimum atomic E-state index is -4.34. The van der Waals surface area contributed by atoms with Crippen LogP contribution in [0.2, 0.25) is 0 Å². The van der Waals surface area contributed by atoms with Gasteiger partial charge in [0.2, 0.25) is 11.8 Å². The highest BCUT2D eigenvalue weighted by molar-refractivity contribution is 7.92. The van der Waals surface area contributed by atoms with Gasteiger partial charge in [0.05, 0.1) is 10.6 Å². The lowest BCUT2D eigenvalue weighted by atomic mass is 10.1. The molecule has 0 unspecified atom stereocenters. The van der Waals surface area contributed by atoms with Gasteiger partial charge >= 0.3 is 0 Å². The molecule has 1 aliphatic heterocycles. The van der Waals surface area contributed by atoms with Crippen LogP contribution in [0, 0.1) is 12.7 Å². The van der Waals surface area contributed by atoms with Gasteiger partial charge in [0.15, 0.2) is 11.5 Å². The van der Waals surface area contributed by atoms with Crippen molar-refractivity contribution in [2.45, 2.75) is 44.7 Å². The second kappa shape index (κ2) is 13.0. The SMILES string of the molecule is CCNC(=O)[C@H](CC)N(Cc1ccc(C)cc1)C(=O)CN(c1ccc(F)cc1)S(=O)(=O)c1ccc2c(c1)OCCO2. The Bertz CT molecular complexity index is 1480. The molecule has 1 N–H and O–H groups in total. The maximum absolute atomic E-state index is 14.0. The van der Waals surface area contributed by atoms with Crippen LogP contribution in [-0.4, -0.2) is 57.5 Å². The Morgan fingerprint density at radius 2 is 1.61 bits per heavy atom. The van der Waals surface area contributed by atoms with Gasteiger partial charge in [-0.15, -0.1) is 0 Å². The van der Waals surface area contributed by atoms with Crippen LogP contribution < -0.4 is 19.1 Å². The lowest BCUT2D eigenvalue weighted by Crippen LogP contribution is -2.52. The van der Waals surface area contributed by atoms with Crippen molar-refractivity contribution in [2.75, 3.05) is 30.6 Å². The van der Waals surface area contributed by atoms with E-state index < -0.39 is 34.3 Å². The van der Waals surface area contributed by atoms with Crippen molar-refractivity contribution in [1.82, 2.24) is 10.2 Å². The normalized spacial score (nSPS) is 13.3. The predicted molar refractivity (Wildman–Crippen MR) is 153 cm³/mol. The van der Waals surface area contributed by atoms with Gasteiger partial charge in [-0.2, -0.15) is 0 Å². The zero-order chi connectivity index (χ0) is 29.6. The number of rotatable bonds is 11. The molecule has 3 aromatic carbocycles. The van der Waals surface area contributed by atoms with Crippen LogP contribution in [0.5, 0.6) is 11.5 Å². The molecule has 218 valence electrons. The minimum Gasteiger partial charge on any atom is -0.486 e. The fourth-order valence-electron chi connectivity index (χ4n) is 4.55. The summed E-state index contributed by atoms with van der Waals surface area (Å²) >= 11 is 0. The number of nitrogens with zero attached hydrogens (tertiary/aromatic N) is 2. The number of carbonyl (C=O) groups excluding carboxylic acids is 2. The van der Waals surface area contributed by atoms with Crippen molar-refractivity contribution in [3.63, 3.8) is 0 Å². The molecule has 1 atom stereocenters. The van der Waals surface area contributed by atoms with E-state index in [0.29, 0.717) is 25.3 Å². The van der Waals surface area contributed by atoms with Gasteiger partial charge in [-0.25, -0.2) is 12.8 Å². The first-order valence-corrected chi connectivity index (χ1v) is 14.9. The number of aryl methyl sites for hydroxylation is 1. The summed E-state index contributed by atoms with van der Waals surface area (Å²) in [5.41, 5.74) is 1.92. The van der Waals surface area contributed by atoms with E-state index in [1.807, 2.05) is 31.2 Å². The standard InChI is InChI=1S/C30H34FN3O6S/c1-4-26(30(36)32-5-2)33(19-22-8-6-21(3)7-9-22)29(35)20-34(24-12-10-23(31)11-13-24)41(37,38)25-14-15-27-28(18-25)40-17-16-39-27/h6-15,18,26H,4-5,16-17,19-20H2,1-3H3,(H,32,36)/t26-/m0/s1. The van der Waals surface area contributed by atoms with Crippen molar-refractivity contribution in [3.8, 4) is 11.5 Å². The number of carbonyl (C=O) groups is 2. The average Bonchev–Trinajstić information content (AvgIpc) is 2.97. The summed E-state index contributed by atoms with van der Waals surface area (Å²) in [6, 6.07) is 15.8. The Hall–Kier alpha value is -4.12. The first-order valence-electron chi connectivity index (χ1n) is 13.4. The zero-order valence-corrected chi connectivity index (χ0v) is 24.1. The van der Waals surface area contributed by atoms with Gasteiger partial charge in [0, 0.05) is 19.2 Å². The number of likely N-dealkylation sites (N-methyl/N-ethyl adjacent to an activating group) is 1. The number of benzene rings is 3. The Kier molecular flexibility index (Phi) is 9.49. The van der Waals surface area contributed by atoms with Crippen LogP contribution in [0.15, 0.2) is 71.6 Å². The van der Waals surface area contributed by atoms with E-state index in [0.717, 1.165) is 27.6 Å². The number of ether oxygens (including phenoxy) is 2. The molecular formula is C30H34FN3O6S. The zero-order valence-electron chi connectivity index (χ0n) is 23.3. The number of hydrogen-bond donors (Lipinski definition) is 1. The van der Waals surface area contributed by atoms with Crippen LogP contribution in [0.4, 0.5) is 10.1 Å². The van der Waals surface area contributed by atoms with E-state index in [9.17, 15) is 22.4 Å². The molecule has 11 heteroatoms. The molecule has 0 radical (unpaired) electrons. The van der Waals surface area contributed by atoms with Gasteiger partial charge in [-0.3, -0.25) is 13.9 Å². The van der Waals surface area contributed by atoms with E-state index in [1.54, 1.807) is 13.8 Å². The summed E-state index contributed by atoms with van der Waals surface area (Å²) in [6.45, 7) is 5.98. The summed E-state index contributed by atoms with van der Waals surface area (Å²) in [7, 11) is -4.34. The molecular weight excluding hydrogens is 549 g/mol. The number of halogens is 1. The number of fused-ring (bicyclic) bond motifs is 1. The largest absolute Gasteiger partial charge is 0.486 e. The summed E-state index contributed by atoms with van der Waals surface area (Å²) in [4.78, 5) is 28.3. The Balaban J connectivity index is 1.74. The van der Waals surface area contributed by atoms with E-state index >= 15 is 0 Å². The topological polar surface area (TPSA) is 105 Å². The number of amides is 2. The fourth-order valence-corrected chi connectivity index (χ4v) is 5.98. The lowest BCUT2D eigenvalue weighted by Gasteiger charge is -2.33. The van der Waals surface area contributed by atoms with Gasteiger partial charge in [0.1, 0.15) is 31.6 Å². The number of hydrogen-bond acceptors (Lipinski definition) is 6. The maximum Gasteiger partial charge on any atom is 0.264 e. The Morgan fingerprint density at radius 1 is 0.951 bits per heavy atom. The smallest absolute Gasteiger partial charge is 0.264 e. The maximum atomic E-state index is 14.0. The summed E-state index contributed by atoms with van der Waals surface area (Å²) in [6.07, 6.45) is 0.314. The Morgan fingerprint density at radius 3 is 2.24 bits per heavy atom. The van der Waals surface area contributed by atoms with Crippen LogP contribution in [0.3, 0.4) is 0 Å². The second-order valence-corrected chi connectivity index (χ2v) is 11.5. The molecule has 3 aromatic rings. The molecule has 4 rings (SSSR count). The highest BCUT2D eigenvalue weighted by atomic mass is 32.2. The van der Waals surface area contributed by atoms with Crippen molar-refractivity contribution in [1.29, 1.82) is 0 Å². The van der Waals surface area contributed by atoms with Crippen LogP contribution >= 0.6 is 0 Å². The van der Waals surface area contributed by atoms with E-state index in [-0.39, 0.29) is 35.4 Å². The number of anilines is 1. The first kappa shape index (κ1) is 29.9. The van der Waals surface area contributed by atoms with Crippen LogP contribution in [-0.2, 0) is 26.2 Å². The molecule has 0 aliphatic carbocycles. The average molecular weight is 584 g/mol. The molecule has 41 heavy (non-hydrogen) atoms. The van der Waals surface area contributed by atoms with E-state index in [1.165, 1.54) is 35.2 Å². The molecule has 1 aliphatic rings. The third-order valence-corrected chi connectivity index (χ3v) is 8.48. The van der Waals surface area contributed by atoms with Gasteiger partial charge in [0.25, 0.3) is 10.0 Å². The van der Waals surface area contributed by atoms with Gasteiger partial charge in [-0.1, -0.05) is 36.8 Å². The predicted octanol–water partition coefficient (Wildman–Crippen LogP) is 4.04. The molecule has 0 spiro atoms. The molecule has 0 fully saturated rings. The fraction of sp³-hybridized carbons (Fsp3) is 0.333. The molecule has 0 aromatic heterocycles. The lowest BCUT2D eigenvalue weighted by molar-refractivity contribution is -0.140. The highest BCUT2D eigenvalue weighted by Gasteiger charge is 2.34. The summed E-state index contributed by atoms with van der Waals surface area (Å²) < 4.78 is 53.9. The first-order chi connectivity index (χ1) is 19.6. The molecule has 1 heterocycles. The third kappa shape index (κ3) is 6.97. The van der Waals surface area contributed by atoms with E-state index in [4.69, 9.17) is 9.47 Å². The van der Waals surface area contributed by atoms with Crippen LogP contribution in [0.25, 0.3) is 0 Å². The van der Waals surface area contributed by atoms with Crippen molar-refractivity contribution >= 4 is 27.5 Å². The molecule has 0 bridgehead atoms. The Labute approximate surface area is 239 Å². The molecule has 9 nitrogen and oxygen atoms in total. The number of nitrogens with one attached hydrogen (secondary N) is 1. The summed E-state index contributed by atoms with van der Waals surface area (Å²) in [5, 5.41) is 2.77. The van der Waals surface area contributed by atoms with Crippen LogP contribution in [0.1, 0.15) is 31.4 Å².